The fourth-order valence-corrected chi connectivity index (χ4v) is 3.33. The summed E-state index contributed by atoms with van der Waals surface area (Å²) in [7, 11) is 0. The fraction of sp³-hybridized carbons (Fsp3) is 0.238. The van der Waals surface area contributed by atoms with Crippen molar-refractivity contribution >= 4 is 22.6 Å². The van der Waals surface area contributed by atoms with Crippen LogP contribution >= 0.6 is 0 Å². The summed E-state index contributed by atoms with van der Waals surface area (Å²) < 4.78 is 8.33. The van der Waals surface area contributed by atoms with Crippen molar-refractivity contribution in [2.75, 3.05) is 0 Å². The maximum absolute atomic E-state index is 13.1. The summed E-state index contributed by atoms with van der Waals surface area (Å²) in [5.74, 6) is 0.169. The van der Waals surface area contributed by atoms with Gasteiger partial charge >= 0.3 is 0 Å². The second kappa shape index (κ2) is 7.38. The lowest BCUT2D eigenvalue weighted by molar-refractivity contribution is 0.0945. The number of rotatable bonds is 5. The number of nitrogens with one attached hydrogen (secondary N) is 2. The molecule has 0 radical (unpaired) electrons. The Morgan fingerprint density at radius 2 is 2.14 bits per heavy atom. The molecule has 4 heterocycles. The predicted molar refractivity (Wildman–Crippen MR) is 108 cm³/mol. The molecule has 4 aromatic rings. The molecule has 0 saturated carbocycles. The van der Waals surface area contributed by atoms with Crippen LogP contribution in [-0.4, -0.2) is 19.9 Å². The summed E-state index contributed by atoms with van der Waals surface area (Å²) >= 11 is 0. The Labute approximate surface area is 165 Å². The Morgan fingerprint density at radius 1 is 1.31 bits per heavy atom. The van der Waals surface area contributed by atoms with Gasteiger partial charge in [-0.2, -0.15) is 0 Å². The highest BCUT2D eigenvalue weighted by Crippen LogP contribution is 2.12. The van der Waals surface area contributed by atoms with E-state index in [2.05, 4.69) is 10.3 Å². The van der Waals surface area contributed by atoms with Crippen LogP contribution in [0.5, 0.6) is 0 Å². The van der Waals surface area contributed by atoms with Crippen LogP contribution in [0, 0.1) is 12.3 Å². The molecule has 0 aliphatic carbocycles. The van der Waals surface area contributed by atoms with E-state index in [0.29, 0.717) is 29.0 Å². The number of hydrogen-bond donors (Lipinski definition) is 2. The number of pyridine rings is 2. The van der Waals surface area contributed by atoms with Crippen LogP contribution in [0.15, 0.2) is 52.0 Å². The van der Waals surface area contributed by atoms with Crippen molar-refractivity contribution in [2.24, 2.45) is 0 Å². The zero-order valence-electron chi connectivity index (χ0n) is 16.2. The summed E-state index contributed by atoms with van der Waals surface area (Å²) in [5.41, 5.74) is 1.73. The highest BCUT2D eigenvalue weighted by Gasteiger charge is 2.17. The quantitative estimate of drug-likeness (QED) is 0.510. The molecular formula is C21H21N5O3. The first-order valence-electron chi connectivity index (χ1n) is 9.41. The lowest BCUT2D eigenvalue weighted by Crippen LogP contribution is -2.34. The molecular weight excluding hydrogens is 370 g/mol. The van der Waals surface area contributed by atoms with Crippen molar-refractivity contribution in [3.63, 3.8) is 0 Å². The largest absolute Gasteiger partial charge is 0.467 e. The van der Waals surface area contributed by atoms with Gasteiger partial charge in [-0.15, -0.1) is 0 Å². The number of fused-ring (bicyclic) bond motifs is 2. The normalized spacial score (nSPS) is 11.2. The van der Waals surface area contributed by atoms with Gasteiger partial charge in [0.2, 0.25) is 0 Å². The van der Waals surface area contributed by atoms with E-state index in [1.165, 1.54) is 16.7 Å². The minimum absolute atomic E-state index is 0.0275. The summed E-state index contributed by atoms with van der Waals surface area (Å²) in [5, 5.41) is 11.6. The minimum atomic E-state index is -0.438. The number of aryl methyl sites for hydroxylation is 2. The van der Waals surface area contributed by atoms with Crippen LogP contribution in [0.4, 0.5) is 0 Å². The molecule has 8 heteroatoms. The van der Waals surface area contributed by atoms with Crippen molar-refractivity contribution in [3.8, 4) is 0 Å². The maximum Gasteiger partial charge on any atom is 0.267 e. The first kappa shape index (κ1) is 18.7. The molecule has 0 aliphatic heterocycles. The van der Waals surface area contributed by atoms with Crippen LogP contribution in [0.2, 0.25) is 0 Å². The number of carbonyl (C=O) groups is 1. The van der Waals surface area contributed by atoms with Gasteiger partial charge in [0.1, 0.15) is 22.5 Å². The molecule has 0 aliphatic rings. The molecule has 0 spiro atoms. The first-order valence-corrected chi connectivity index (χ1v) is 9.41. The average Bonchev–Trinajstić information content (AvgIpc) is 3.23. The molecule has 148 valence electrons. The number of hydrogen-bond acceptors (Lipinski definition) is 5. The molecule has 0 fully saturated rings. The average molecular weight is 391 g/mol. The topological polar surface area (TPSA) is 105 Å². The number of amides is 1. The van der Waals surface area contributed by atoms with Gasteiger partial charge in [-0.1, -0.05) is 13.0 Å². The first-order chi connectivity index (χ1) is 14.0. The molecule has 0 bridgehead atoms. The van der Waals surface area contributed by atoms with Crippen molar-refractivity contribution in [3.05, 3.63) is 75.5 Å². The van der Waals surface area contributed by atoms with E-state index in [9.17, 15) is 9.59 Å². The number of aromatic nitrogens is 3. The van der Waals surface area contributed by atoms with E-state index >= 15 is 0 Å². The lowest BCUT2D eigenvalue weighted by Gasteiger charge is -2.14. The molecule has 4 rings (SSSR count). The van der Waals surface area contributed by atoms with Gasteiger partial charge in [-0.05, 0) is 43.2 Å². The second-order valence-corrected chi connectivity index (χ2v) is 6.91. The molecule has 8 nitrogen and oxygen atoms in total. The van der Waals surface area contributed by atoms with Gasteiger partial charge in [0, 0.05) is 12.7 Å². The third-order valence-corrected chi connectivity index (χ3v) is 4.75. The van der Waals surface area contributed by atoms with Gasteiger partial charge < -0.3 is 14.3 Å². The summed E-state index contributed by atoms with van der Waals surface area (Å²) in [4.78, 5) is 30.5. The van der Waals surface area contributed by atoms with Gasteiger partial charge in [0.25, 0.3) is 11.5 Å². The third-order valence-electron chi connectivity index (χ3n) is 4.75. The van der Waals surface area contributed by atoms with E-state index < -0.39 is 5.91 Å². The molecule has 0 aromatic carbocycles. The highest BCUT2D eigenvalue weighted by atomic mass is 16.3. The predicted octanol–water partition coefficient (Wildman–Crippen LogP) is 2.37. The van der Waals surface area contributed by atoms with Crippen molar-refractivity contribution < 1.29 is 9.21 Å². The molecule has 1 amide bonds. The molecule has 0 unspecified atom stereocenters. The number of carbonyl (C=O) groups excluding carboxylic acids is 1. The maximum atomic E-state index is 13.1. The van der Waals surface area contributed by atoms with E-state index in [1.807, 2.05) is 19.9 Å². The van der Waals surface area contributed by atoms with E-state index in [1.54, 1.807) is 29.0 Å². The smallest absolute Gasteiger partial charge is 0.267 e. The Balaban J connectivity index is 1.90. The summed E-state index contributed by atoms with van der Waals surface area (Å²) in [6.45, 7) is 4.54. The number of nitrogens with zero attached hydrogens (tertiary/aromatic N) is 3. The Hall–Kier alpha value is -3.68. The van der Waals surface area contributed by atoms with Crippen LogP contribution < -0.4 is 16.4 Å². The van der Waals surface area contributed by atoms with E-state index in [0.717, 1.165) is 12.0 Å². The van der Waals surface area contributed by atoms with E-state index in [-0.39, 0.29) is 23.2 Å². The van der Waals surface area contributed by atoms with Gasteiger partial charge in [0.05, 0.1) is 23.8 Å². The zero-order valence-corrected chi connectivity index (χ0v) is 16.2. The Morgan fingerprint density at radius 3 is 2.86 bits per heavy atom. The molecule has 2 N–H and O–H groups in total. The number of furan rings is 1. The second-order valence-electron chi connectivity index (χ2n) is 6.91. The third kappa shape index (κ3) is 3.33. The minimum Gasteiger partial charge on any atom is -0.467 e. The van der Waals surface area contributed by atoms with Crippen molar-refractivity contribution in [2.45, 2.75) is 33.4 Å². The van der Waals surface area contributed by atoms with Crippen LogP contribution in [0.1, 0.15) is 35.0 Å². The Bertz CT molecular complexity index is 1330. The van der Waals surface area contributed by atoms with Crippen molar-refractivity contribution in [1.82, 2.24) is 19.3 Å². The zero-order chi connectivity index (χ0) is 20.5. The van der Waals surface area contributed by atoms with Gasteiger partial charge in [-0.3, -0.25) is 19.4 Å². The van der Waals surface area contributed by atoms with E-state index in [4.69, 9.17) is 9.83 Å². The van der Waals surface area contributed by atoms with Crippen LogP contribution in [0.3, 0.4) is 0 Å². The Kier molecular flexibility index (Phi) is 4.75. The monoisotopic (exact) mass is 391 g/mol. The summed E-state index contributed by atoms with van der Waals surface area (Å²) in [6.07, 6.45) is 3.99. The molecule has 29 heavy (non-hydrogen) atoms. The highest BCUT2D eigenvalue weighted by molar-refractivity contribution is 5.96. The van der Waals surface area contributed by atoms with Crippen LogP contribution in [-0.2, 0) is 13.1 Å². The molecule has 0 atom stereocenters. The molecule has 4 aromatic heterocycles. The van der Waals surface area contributed by atoms with Gasteiger partial charge in [0.15, 0.2) is 0 Å². The fourth-order valence-electron chi connectivity index (χ4n) is 3.33. The molecule has 0 saturated heterocycles. The van der Waals surface area contributed by atoms with Crippen molar-refractivity contribution in [1.29, 1.82) is 5.41 Å². The standard InChI is InChI=1S/C21H21N5O3/c1-3-8-25-18(22)15(20(27)23-11-14-5-4-9-29-14)10-16-19(25)24-17-7-6-13(2)12-26(17)21(16)28/h4-7,9-10,12,22H,3,8,11H2,1-2H3,(H,23,27). The summed E-state index contributed by atoms with van der Waals surface area (Å²) in [6, 6.07) is 8.62. The van der Waals surface area contributed by atoms with Crippen LogP contribution in [0.25, 0.3) is 16.7 Å². The van der Waals surface area contributed by atoms with Gasteiger partial charge in [-0.25, -0.2) is 4.98 Å². The SMILES string of the molecule is CCCn1c(=N)c(C(=O)NCc2ccco2)cc2c(=O)n3cc(C)ccc3nc21. The lowest BCUT2D eigenvalue weighted by atomic mass is 10.2.